The van der Waals surface area contributed by atoms with E-state index in [0.29, 0.717) is 23.0 Å². The van der Waals surface area contributed by atoms with Gasteiger partial charge >= 0.3 is 0 Å². The molecule has 4 heteroatoms. The van der Waals surface area contributed by atoms with Crippen LogP contribution in [0.2, 0.25) is 5.02 Å². The number of aliphatic hydroxyl groups excluding tert-OH is 1. The highest BCUT2D eigenvalue weighted by molar-refractivity contribution is 6.30. The highest BCUT2D eigenvalue weighted by Gasteiger charge is 2.26. The van der Waals surface area contributed by atoms with Crippen LogP contribution in [0, 0.1) is 11.7 Å². The first-order valence-electron chi connectivity index (χ1n) is 5.90. The average Bonchev–Trinajstić information content (AvgIpc) is 2.71. The van der Waals surface area contributed by atoms with Gasteiger partial charge in [-0.1, -0.05) is 17.7 Å². The van der Waals surface area contributed by atoms with Gasteiger partial charge in [0, 0.05) is 23.7 Å². The maximum absolute atomic E-state index is 13.6. The van der Waals surface area contributed by atoms with Crippen LogP contribution >= 0.6 is 11.6 Å². The van der Waals surface area contributed by atoms with Crippen molar-refractivity contribution in [3.8, 4) is 0 Å². The van der Waals surface area contributed by atoms with Gasteiger partial charge in [0.15, 0.2) is 0 Å². The Kier molecular flexibility index (Phi) is 4.02. The minimum Gasteiger partial charge on any atom is -0.393 e. The molecule has 0 saturated carbocycles. The quantitative estimate of drug-likeness (QED) is 0.900. The number of benzene rings is 1. The summed E-state index contributed by atoms with van der Waals surface area (Å²) in [6.07, 6.45) is 0.697. The van der Waals surface area contributed by atoms with Crippen molar-refractivity contribution in [2.75, 3.05) is 13.1 Å². The lowest BCUT2D eigenvalue weighted by molar-refractivity contribution is 0.127. The zero-order valence-electron chi connectivity index (χ0n) is 9.87. The molecule has 17 heavy (non-hydrogen) atoms. The fourth-order valence-corrected chi connectivity index (χ4v) is 2.45. The summed E-state index contributed by atoms with van der Waals surface area (Å²) < 4.78 is 13.6. The highest BCUT2D eigenvalue weighted by Crippen LogP contribution is 2.23. The smallest absolute Gasteiger partial charge is 0.129 e. The lowest BCUT2D eigenvalue weighted by Crippen LogP contribution is -2.24. The number of aliphatic hydroxyl groups is 1. The van der Waals surface area contributed by atoms with Crippen molar-refractivity contribution in [3.63, 3.8) is 0 Å². The molecule has 1 saturated heterocycles. The molecule has 0 aliphatic carbocycles. The lowest BCUT2D eigenvalue weighted by Gasteiger charge is -2.17. The van der Waals surface area contributed by atoms with Gasteiger partial charge in [-0.2, -0.15) is 0 Å². The predicted octanol–water partition coefficient (Wildman–Crippen LogP) is 2.68. The normalized spacial score (nSPS) is 22.9. The van der Waals surface area contributed by atoms with Crippen LogP contribution in [0.4, 0.5) is 4.39 Å². The first kappa shape index (κ1) is 12.8. The Morgan fingerprint density at radius 3 is 2.94 bits per heavy atom. The molecule has 1 aliphatic heterocycles. The number of likely N-dealkylation sites (tertiary alicyclic amines) is 1. The van der Waals surface area contributed by atoms with Crippen molar-refractivity contribution in [2.24, 2.45) is 5.92 Å². The summed E-state index contributed by atoms with van der Waals surface area (Å²) in [7, 11) is 0. The van der Waals surface area contributed by atoms with E-state index in [2.05, 4.69) is 4.90 Å². The molecule has 2 unspecified atom stereocenters. The van der Waals surface area contributed by atoms with Crippen LogP contribution in [-0.4, -0.2) is 29.2 Å². The second-order valence-corrected chi connectivity index (χ2v) is 5.20. The molecule has 1 aromatic carbocycles. The van der Waals surface area contributed by atoms with Gasteiger partial charge in [0.1, 0.15) is 5.82 Å². The summed E-state index contributed by atoms with van der Waals surface area (Å²) in [5.41, 5.74) is 0.667. The fourth-order valence-electron chi connectivity index (χ4n) is 2.29. The van der Waals surface area contributed by atoms with Gasteiger partial charge in [0.25, 0.3) is 0 Å². The van der Waals surface area contributed by atoms with Crippen LogP contribution in [0.3, 0.4) is 0 Å². The van der Waals surface area contributed by atoms with Crippen molar-refractivity contribution >= 4 is 11.6 Å². The predicted molar refractivity (Wildman–Crippen MR) is 66.5 cm³/mol. The Bertz CT molecular complexity index is 397. The van der Waals surface area contributed by atoms with Crippen molar-refractivity contribution in [1.29, 1.82) is 0 Å². The fraction of sp³-hybridized carbons (Fsp3) is 0.538. The minimum absolute atomic E-state index is 0.252. The third kappa shape index (κ3) is 3.18. The first-order valence-corrected chi connectivity index (χ1v) is 6.28. The van der Waals surface area contributed by atoms with E-state index in [0.717, 1.165) is 19.5 Å². The van der Waals surface area contributed by atoms with Gasteiger partial charge in [-0.15, -0.1) is 0 Å². The molecule has 1 aliphatic rings. The summed E-state index contributed by atoms with van der Waals surface area (Å²) in [5, 5.41) is 9.93. The number of rotatable bonds is 3. The number of nitrogens with zero attached hydrogens (tertiary/aromatic N) is 1. The summed E-state index contributed by atoms with van der Waals surface area (Å²) in [4.78, 5) is 2.17. The molecular formula is C13H17ClFNO. The SMILES string of the molecule is CC(O)C1CCN(Cc2ccc(Cl)cc2F)C1. The van der Waals surface area contributed by atoms with Crippen LogP contribution in [0.5, 0.6) is 0 Å². The molecule has 1 heterocycles. The van der Waals surface area contributed by atoms with Crippen LogP contribution in [-0.2, 0) is 6.54 Å². The molecular weight excluding hydrogens is 241 g/mol. The largest absolute Gasteiger partial charge is 0.393 e. The van der Waals surface area contributed by atoms with Gasteiger partial charge in [-0.25, -0.2) is 4.39 Å². The van der Waals surface area contributed by atoms with Gasteiger partial charge in [-0.3, -0.25) is 4.90 Å². The Morgan fingerprint density at radius 1 is 1.59 bits per heavy atom. The molecule has 2 rings (SSSR count). The van der Waals surface area contributed by atoms with Gasteiger partial charge in [0.05, 0.1) is 6.10 Å². The molecule has 2 nitrogen and oxygen atoms in total. The Morgan fingerprint density at radius 2 is 2.35 bits per heavy atom. The molecule has 0 bridgehead atoms. The number of hydrogen-bond donors (Lipinski definition) is 1. The standard InChI is InChI=1S/C13H17ClFNO/c1-9(17)10-4-5-16(7-10)8-11-2-3-12(14)6-13(11)15/h2-3,6,9-10,17H,4-5,7-8H2,1H3. The van der Waals surface area contributed by atoms with Crippen LogP contribution in [0.25, 0.3) is 0 Å². The van der Waals surface area contributed by atoms with E-state index in [1.165, 1.54) is 6.07 Å². The highest BCUT2D eigenvalue weighted by atomic mass is 35.5. The Hall–Kier alpha value is -0.640. The molecule has 94 valence electrons. The maximum Gasteiger partial charge on any atom is 0.129 e. The average molecular weight is 258 g/mol. The van der Waals surface area contributed by atoms with Crippen molar-refractivity contribution in [3.05, 3.63) is 34.6 Å². The monoisotopic (exact) mass is 257 g/mol. The van der Waals surface area contributed by atoms with E-state index in [-0.39, 0.29) is 11.9 Å². The molecule has 2 atom stereocenters. The van der Waals surface area contributed by atoms with E-state index in [9.17, 15) is 9.50 Å². The minimum atomic E-state index is -0.282. The van der Waals surface area contributed by atoms with E-state index < -0.39 is 0 Å². The summed E-state index contributed by atoms with van der Waals surface area (Å²) in [6, 6.07) is 4.79. The van der Waals surface area contributed by atoms with Crippen LogP contribution < -0.4 is 0 Å². The third-order valence-electron chi connectivity index (χ3n) is 3.40. The van der Waals surface area contributed by atoms with E-state index >= 15 is 0 Å². The van der Waals surface area contributed by atoms with Gasteiger partial charge in [0.2, 0.25) is 0 Å². The maximum atomic E-state index is 13.6. The Balaban J connectivity index is 1.98. The van der Waals surface area contributed by atoms with Crippen LogP contribution in [0.15, 0.2) is 18.2 Å². The zero-order chi connectivity index (χ0) is 12.4. The third-order valence-corrected chi connectivity index (χ3v) is 3.64. The van der Waals surface area contributed by atoms with Crippen molar-refractivity contribution in [1.82, 2.24) is 4.90 Å². The Labute approximate surface area is 106 Å². The second-order valence-electron chi connectivity index (χ2n) is 4.76. The van der Waals surface area contributed by atoms with E-state index in [1.807, 2.05) is 6.92 Å². The van der Waals surface area contributed by atoms with E-state index in [1.54, 1.807) is 12.1 Å². The molecule has 1 fully saturated rings. The molecule has 1 aromatic rings. The number of hydrogen-bond acceptors (Lipinski definition) is 2. The second kappa shape index (κ2) is 5.34. The molecule has 0 aromatic heterocycles. The van der Waals surface area contributed by atoms with Crippen molar-refractivity contribution < 1.29 is 9.50 Å². The summed E-state index contributed by atoms with van der Waals surface area (Å²) in [6.45, 7) is 4.15. The molecule has 1 N–H and O–H groups in total. The van der Waals surface area contributed by atoms with Crippen LogP contribution in [0.1, 0.15) is 18.9 Å². The van der Waals surface area contributed by atoms with E-state index in [4.69, 9.17) is 11.6 Å². The van der Waals surface area contributed by atoms with Gasteiger partial charge in [-0.05, 0) is 37.9 Å². The molecule has 0 amide bonds. The molecule has 0 spiro atoms. The topological polar surface area (TPSA) is 23.5 Å². The molecule has 0 radical (unpaired) electrons. The summed E-state index contributed by atoms with van der Waals surface area (Å²) >= 11 is 5.71. The zero-order valence-corrected chi connectivity index (χ0v) is 10.6. The lowest BCUT2D eigenvalue weighted by atomic mass is 10.0. The number of halogens is 2. The summed E-state index contributed by atoms with van der Waals surface area (Å²) in [5.74, 6) is 0.0587. The first-order chi connectivity index (χ1) is 8.06. The van der Waals surface area contributed by atoms with Crippen molar-refractivity contribution in [2.45, 2.75) is 26.0 Å². The van der Waals surface area contributed by atoms with Gasteiger partial charge < -0.3 is 5.11 Å².